The molecule has 5 heteroatoms. The van der Waals surface area contributed by atoms with E-state index in [0.717, 1.165) is 16.8 Å². The molecule has 3 aromatic rings. The molecule has 136 valence electrons. The van der Waals surface area contributed by atoms with E-state index in [1.54, 1.807) is 17.3 Å². The van der Waals surface area contributed by atoms with Gasteiger partial charge in [0.05, 0.1) is 6.54 Å². The summed E-state index contributed by atoms with van der Waals surface area (Å²) >= 11 is 0. The van der Waals surface area contributed by atoms with Crippen LogP contribution in [0.1, 0.15) is 17.5 Å². The second-order valence-corrected chi connectivity index (χ2v) is 6.11. The van der Waals surface area contributed by atoms with Crippen molar-refractivity contribution in [3.63, 3.8) is 0 Å². The van der Waals surface area contributed by atoms with Crippen molar-refractivity contribution < 1.29 is 9.59 Å². The number of pyridine rings is 1. The van der Waals surface area contributed by atoms with E-state index < -0.39 is 0 Å². The maximum Gasteiger partial charge on any atom is 0.236 e. The lowest BCUT2D eigenvalue weighted by atomic mass is 10.1. The molecule has 0 radical (unpaired) electrons. The second kappa shape index (κ2) is 9.29. The number of para-hydroxylation sites is 1. The van der Waals surface area contributed by atoms with Crippen LogP contribution >= 0.6 is 0 Å². The van der Waals surface area contributed by atoms with Gasteiger partial charge in [-0.2, -0.15) is 0 Å². The van der Waals surface area contributed by atoms with Crippen molar-refractivity contribution in [1.29, 1.82) is 0 Å². The topological polar surface area (TPSA) is 62.3 Å². The van der Waals surface area contributed by atoms with Gasteiger partial charge in [0, 0.05) is 24.6 Å². The van der Waals surface area contributed by atoms with E-state index in [-0.39, 0.29) is 18.2 Å². The number of hydrogen-bond acceptors (Lipinski definition) is 3. The number of carbonyl (C=O) groups is 2. The smallest absolute Gasteiger partial charge is 0.236 e. The van der Waals surface area contributed by atoms with Crippen molar-refractivity contribution >= 4 is 17.5 Å². The predicted octanol–water partition coefficient (Wildman–Crippen LogP) is 3.32. The quantitative estimate of drug-likeness (QED) is 0.658. The number of nitrogens with zero attached hydrogens (tertiary/aromatic N) is 2. The lowest BCUT2D eigenvalue weighted by Gasteiger charge is -2.23. The number of benzene rings is 2. The van der Waals surface area contributed by atoms with Gasteiger partial charge in [-0.1, -0.05) is 48.5 Å². The van der Waals surface area contributed by atoms with E-state index in [1.807, 2.05) is 72.8 Å². The van der Waals surface area contributed by atoms with Crippen LogP contribution in [-0.4, -0.2) is 16.8 Å². The molecule has 0 unspecified atom stereocenters. The Hall–Kier alpha value is -3.47. The van der Waals surface area contributed by atoms with Crippen LogP contribution < -0.4 is 10.2 Å². The molecule has 0 aliphatic rings. The molecule has 1 N–H and O–H groups in total. The number of anilines is 1. The van der Waals surface area contributed by atoms with Crippen molar-refractivity contribution in [3.05, 3.63) is 96.3 Å². The number of aromatic nitrogens is 1. The third-order valence-corrected chi connectivity index (χ3v) is 4.10. The molecule has 0 aliphatic carbocycles. The van der Waals surface area contributed by atoms with Crippen molar-refractivity contribution in [1.82, 2.24) is 10.3 Å². The molecule has 1 heterocycles. The second-order valence-electron chi connectivity index (χ2n) is 6.11. The fourth-order valence-corrected chi connectivity index (χ4v) is 2.69. The highest BCUT2D eigenvalue weighted by molar-refractivity contribution is 6.04. The van der Waals surface area contributed by atoms with Gasteiger partial charge in [-0.15, -0.1) is 0 Å². The number of hydrogen-bond donors (Lipinski definition) is 1. The summed E-state index contributed by atoms with van der Waals surface area (Å²) in [6.45, 7) is 0.792. The zero-order chi connectivity index (χ0) is 18.9. The van der Waals surface area contributed by atoms with E-state index in [4.69, 9.17) is 0 Å². The molecule has 0 atom stereocenters. The predicted molar refractivity (Wildman–Crippen MR) is 105 cm³/mol. The molecule has 27 heavy (non-hydrogen) atoms. The Morgan fingerprint density at radius 1 is 0.815 bits per heavy atom. The molecular formula is C22H21N3O2. The minimum Gasteiger partial charge on any atom is -0.352 e. The summed E-state index contributed by atoms with van der Waals surface area (Å²) in [5.41, 5.74) is 2.72. The fraction of sp³-hybridized carbons (Fsp3) is 0.136. The number of amides is 2. The minimum atomic E-state index is -0.300. The van der Waals surface area contributed by atoms with Gasteiger partial charge in [0.25, 0.3) is 0 Å². The number of carbonyl (C=O) groups excluding carboxylic acids is 2. The highest BCUT2D eigenvalue weighted by atomic mass is 16.2. The molecule has 2 amide bonds. The SMILES string of the molecule is O=C(CC(=O)N(Cc1ccccc1)c1ccccc1)NCc1ccncc1. The molecule has 0 fully saturated rings. The van der Waals surface area contributed by atoms with E-state index in [1.165, 1.54) is 0 Å². The maximum atomic E-state index is 12.8. The standard InChI is InChI=1S/C22H21N3O2/c26-21(24-16-18-11-13-23-14-12-18)15-22(27)25(20-9-5-2-6-10-20)17-19-7-3-1-4-8-19/h1-14H,15-17H2,(H,24,26). The maximum absolute atomic E-state index is 12.8. The van der Waals surface area contributed by atoms with Crippen LogP contribution in [-0.2, 0) is 22.7 Å². The zero-order valence-corrected chi connectivity index (χ0v) is 14.9. The molecule has 2 aromatic carbocycles. The first-order chi connectivity index (χ1) is 13.2. The lowest BCUT2D eigenvalue weighted by molar-refractivity contribution is -0.128. The van der Waals surface area contributed by atoms with Crippen LogP contribution in [0.15, 0.2) is 85.2 Å². The van der Waals surface area contributed by atoms with Crippen molar-refractivity contribution in [2.24, 2.45) is 0 Å². The van der Waals surface area contributed by atoms with Gasteiger partial charge in [0.15, 0.2) is 0 Å². The summed E-state index contributed by atoms with van der Waals surface area (Å²) in [5.74, 6) is -0.539. The highest BCUT2D eigenvalue weighted by Gasteiger charge is 2.19. The minimum absolute atomic E-state index is 0.202. The van der Waals surface area contributed by atoms with Crippen LogP contribution in [0.2, 0.25) is 0 Å². The third-order valence-electron chi connectivity index (χ3n) is 4.10. The molecule has 5 nitrogen and oxygen atoms in total. The van der Waals surface area contributed by atoms with E-state index >= 15 is 0 Å². The Labute approximate surface area is 158 Å². The molecule has 1 aromatic heterocycles. The summed E-state index contributed by atoms with van der Waals surface area (Å²) in [6, 6.07) is 22.8. The van der Waals surface area contributed by atoms with Gasteiger partial charge in [-0.05, 0) is 35.4 Å². The van der Waals surface area contributed by atoms with Gasteiger partial charge >= 0.3 is 0 Å². The Kier molecular flexibility index (Phi) is 6.30. The van der Waals surface area contributed by atoms with E-state index in [9.17, 15) is 9.59 Å². The van der Waals surface area contributed by atoms with Gasteiger partial charge in [0.1, 0.15) is 6.42 Å². The molecular weight excluding hydrogens is 338 g/mol. The molecule has 0 bridgehead atoms. The fourth-order valence-electron chi connectivity index (χ4n) is 2.69. The summed E-state index contributed by atoms with van der Waals surface area (Å²) in [6.07, 6.45) is 3.14. The molecule has 0 saturated heterocycles. The third kappa shape index (κ3) is 5.51. The first-order valence-electron chi connectivity index (χ1n) is 8.77. The highest BCUT2D eigenvalue weighted by Crippen LogP contribution is 2.18. The first kappa shape index (κ1) is 18.3. The monoisotopic (exact) mass is 359 g/mol. The Bertz CT molecular complexity index is 868. The first-order valence-corrected chi connectivity index (χ1v) is 8.77. The van der Waals surface area contributed by atoms with Crippen LogP contribution in [0.4, 0.5) is 5.69 Å². The molecule has 3 rings (SSSR count). The molecule has 0 spiro atoms. The Morgan fingerprint density at radius 2 is 1.44 bits per heavy atom. The number of rotatable bonds is 7. The van der Waals surface area contributed by atoms with E-state index in [2.05, 4.69) is 10.3 Å². The summed E-state index contributed by atoms with van der Waals surface area (Å²) in [7, 11) is 0. The van der Waals surface area contributed by atoms with Gasteiger partial charge < -0.3 is 10.2 Å². The summed E-state index contributed by atoms with van der Waals surface area (Å²) in [4.78, 5) is 30.6. The molecule has 0 aliphatic heterocycles. The normalized spacial score (nSPS) is 10.2. The van der Waals surface area contributed by atoms with Crippen LogP contribution in [0.25, 0.3) is 0 Å². The summed E-state index contributed by atoms with van der Waals surface area (Å²) in [5, 5.41) is 2.79. The molecule has 0 saturated carbocycles. The van der Waals surface area contributed by atoms with Gasteiger partial charge in [0.2, 0.25) is 11.8 Å². The zero-order valence-electron chi connectivity index (χ0n) is 14.9. The Balaban J connectivity index is 1.66. The number of nitrogens with one attached hydrogen (secondary N) is 1. The average molecular weight is 359 g/mol. The van der Waals surface area contributed by atoms with Crippen LogP contribution in [0.3, 0.4) is 0 Å². The Morgan fingerprint density at radius 3 is 2.11 bits per heavy atom. The van der Waals surface area contributed by atoms with Crippen molar-refractivity contribution in [3.8, 4) is 0 Å². The van der Waals surface area contributed by atoms with Crippen molar-refractivity contribution in [2.75, 3.05) is 4.90 Å². The average Bonchev–Trinajstić information content (AvgIpc) is 2.72. The van der Waals surface area contributed by atoms with E-state index in [0.29, 0.717) is 13.1 Å². The van der Waals surface area contributed by atoms with Crippen LogP contribution in [0, 0.1) is 0 Å². The van der Waals surface area contributed by atoms with Crippen molar-refractivity contribution in [2.45, 2.75) is 19.5 Å². The van der Waals surface area contributed by atoms with Gasteiger partial charge in [-0.25, -0.2) is 0 Å². The van der Waals surface area contributed by atoms with Crippen LogP contribution in [0.5, 0.6) is 0 Å². The summed E-state index contributed by atoms with van der Waals surface area (Å²) < 4.78 is 0. The largest absolute Gasteiger partial charge is 0.352 e. The lowest BCUT2D eigenvalue weighted by Crippen LogP contribution is -2.35. The van der Waals surface area contributed by atoms with Gasteiger partial charge in [-0.3, -0.25) is 14.6 Å².